The topological polar surface area (TPSA) is 63.0 Å². The van der Waals surface area contributed by atoms with Crippen LogP contribution in [0, 0.1) is 0 Å². The van der Waals surface area contributed by atoms with Crippen LogP contribution in [0.4, 0.5) is 4.79 Å². The van der Waals surface area contributed by atoms with E-state index in [1.807, 2.05) is 35.0 Å². The van der Waals surface area contributed by atoms with Gasteiger partial charge >= 0.3 is 6.09 Å². The molecule has 2 aromatic rings. The minimum absolute atomic E-state index is 0.409. The zero-order valence-electron chi connectivity index (χ0n) is 9.51. The second-order valence-corrected chi connectivity index (χ2v) is 3.68. The number of ether oxygens (including phenoxy) is 1. The molecule has 0 saturated heterocycles. The molecule has 0 spiro atoms. The first-order chi connectivity index (χ1) is 8.20. The molecule has 0 radical (unpaired) electrons. The summed E-state index contributed by atoms with van der Waals surface area (Å²) < 4.78 is 7.15. The van der Waals surface area contributed by atoms with Gasteiger partial charge < -0.3 is 19.6 Å². The van der Waals surface area contributed by atoms with Crippen LogP contribution in [0.1, 0.15) is 5.56 Å². The van der Waals surface area contributed by atoms with E-state index >= 15 is 0 Å². The molecule has 0 atom stereocenters. The Morgan fingerprint density at radius 3 is 2.94 bits per heavy atom. The molecule has 90 valence electrons. The minimum atomic E-state index is -0.994. The second kappa shape index (κ2) is 4.78. The summed E-state index contributed by atoms with van der Waals surface area (Å²) >= 11 is 0. The number of methoxy groups -OCH3 is 1. The van der Waals surface area contributed by atoms with Crippen LogP contribution < -0.4 is 10.1 Å². The zero-order chi connectivity index (χ0) is 12.3. The standard InChI is InChI=1S/C12H14N2O3/c1-17-10-4-7-14-6-3-9(11(14)8-10)2-5-13-12(15)16/h3-4,6-8,13H,2,5H2,1H3,(H,15,16). The van der Waals surface area contributed by atoms with Gasteiger partial charge in [-0.3, -0.25) is 0 Å². The number of aromatic nitrogens is 1. The number of amides is 1. The van der Waals surface area contributed by atoms with Gasteiger partial charge in [0, 0.05) is 25.0 Å². The van der Waals surface area contributed by atoms with Gasteiger partial charge in [0.15, 0.2) is 0 Å². The Morgan fingerprint density at radius 2 is 2.24 bits per heavy atom. The molecular formula is C12H14N2O3. The lowest BCUT2D eigenvalue weighted by Crippen LogP contribution is -2.23. The lowest BCUT2D eigenvalue weighted by molar-refractivity contribution is 0.194. The van der Waals surface area contributed by atoms with Crippen LogP contribution in [0.25, 0.3) is 5.52 Å². The van der Waals surface area contributed by atoms with Crippen molar-refractivity contribution in [1.82, 2.24) is 9.72 Å². The highest BCUT2D eigenvalue weighted by atomic mass is 16.5. The number of hydrogen-bond acceptors (Lipinski definition) is 2. The Morgan fingerprint density at radius 1 is 1.47 bits per heavy atom. The number of carbonyl (C=O) groups is 1. The van der Waals surface area contributed by atoms with Crippen molar-refractivity contribution in [2.24, 2.45) is 0 Å². The van der Waals surface area contributed by atoms with Gasteiger partial charge in [0.25, 0.3) is 0 Å². The predicted molar refractivity (Wildman–Crippen MR) is 63.7 cm³/mol. The quantitative estimate of drug-likeness (QED) is 0.847. The van der Waals surface area contributed by atoms with E-state index in [0.717, 1.165) is 16.8 Å². The fourth-order valence-corrected chi connectivity index (χ4v) is 1.78. The second-order valence-electron chi connectivity index (χ2n) is 3.68. The molecule has 2 rings (SSSR count). The first-order valence-corrected chi connectivity index (χ1v) is 5.31. The molecule has 0 bridgehead atoms. The number of rotatable bonds is 4. The van der Waals surface area contributed by atoms with Gasteiger partial charge in [-0.2, -0.15) is 0 Å². The van der Waals surface area contributed by atoms with Crippen LogP contribution >= 0.6 is 0 Å². The Balaban J connectivity index is 2.19. The van der Waals surface area contributed by atoms with Crippen molar-refractivity contribution in [2.45, 2.75) is 6.42 Å². The van der Waals surface area contributed by atoms with Gasteiger partial charge in [-0.1, -0.05) is 0 Å². The summed E-state index contributed by atoms with van der Waals surface area (Å²) in [6.07, 6.45) is 3.54. The van der Waals surface area contributed by atoms with Gasteiger partial charge in [-0.15, -0.1) is 0 Å². The maximum Gasteiger partial charge on any atom is 0.404 e. The first kappa shape index (κ1) is 11.3. The van der Waals surface area contributed by atoms with Crippen molar-refractivity contribution in [3.8, 4) is 5.75 Å². The fourth-order valence-electron chi connectivity index (χ4n) is 1.78. The van der Waals surface area contributed by atoms with Crippen LogP contribution in [0.15, 0.2) is 30.6 Å². The molecule has 5 heteroatoms. The maximum atomic E-state index is 10.4. The monoisotopic (exact) mass is 234 g/mol. The SMILES string of the molecule is COc1ccn2ccc(CCNC(=O)O)c2c1. The third kappa shape index (κ3) is 2.50. The molecule has 0 aliphatic carbocycles. The van der Waals surface area contributed by atoms with Gasteiger partial charge in [0.05, 0.1) is 12.6 Å². The Bertz CT molecular complexity index is 534. The van der Waals surface area contributed by atoms with Crippen LogP contribution in [0.2, 0.25) is 0 Å². The normalized spacial score (nSPS) is 10.4. The number of nitrogens with one attached hydrogen (secondary N) is 1. The molecule has 1 amide bonds. The molecule has 0 aromatic carbocycles. The third-order valence-electron chi connectivity index (χ3n) is 2.63. The van der Waals surface area contributed by atoms with Crippen LogP contribution in [0.3, 0.4) is 0 Å². The molecule has 0 aliphatic rings. The highest BCUT2D eigenvalue weighted by Gasteiger charge is 2.04. The molecular weight excluding hydrogens is 220 g/mol. The lowest BCUT2D eigenvalue weighted by atomic mass is 10.2. The summed E-state index contributed by atoms with van der Waals surface area (Å²) in [5.74, 6) is 0.795. The number of hydrogen-bond donors (Lipinski definition) is 2. The Hall–Kier alpha value is -2.17. The predicted octanol–water partition coefficient (Wildman–Crippen LogP) is 1.76. The molecule has 0 unspecified atom stereocenters. The number of pyridine rings is 1. The van der Waals surface area contributed by atoms with Gasteiger partial charge in [-0.25, -0.2) is 4.79 Å². The largest absolute Gasteiger partial charge is 0.497 e. The summed E-state index contributed by atoms with van der Waals surface area (Å²) in [6, 6.07) is 5.81. The van der Waals surface area contributed by atoms with E-state index in [1.165, 1.54) is 0 Å². The van der Waals surface area contributed by atoms with E-state index in [2.05, 4.69) is 5.32 Å². The summed E-state index contributed by atoms with van der Waals surface area (Å²) in [5, 5.41) is 10.9. The van der Waals surface area contributed by atoms with E-state index in [-0.39, 0.29) is 0 Å². The fraction of sp³-hybridized carbons (Fsp3) is 0.250. The molecule has 0 aliphatic heterocycles. The summed E-state index contributed by atoms with van der Waals surface area (Å²) in [5.41, 5.74) is 2.13. The maximum absolute atomic E-state index is 10.4. The molecule has 5 nitrogen and oxygen atoms in total. The van der Waals surface area contributed by atoms with Gasteiger partial charge in [-0.05, 0) is 24.1 Å². The average molecular weight is 234 g/mol. The van der Waals surface area contributed by atoms with Crippen molar-refractivity contribution in [3.63, 3.8) is 0 Å². The Kier molecular flexibility index (Phi) is 3.18. The van der Waals surface area contributed by atoms with Gasteiger partial charge in [0.2, 0.25) is 0 Å². The van der Waals surface area contributed by atoms with Crippen molar-refractivity contribution in [3.05, 3.63) is 36.2 Å². The highest BCUT2D eigenvalue weighted by molar-refractivity contribution is 5.64. The van der Waals surface area contributed by atoms with Crippen LogP contribution in [-0.4, -0.2) is 29.3 Å². The van der Waals surface area contributed by atoms with Crippen LogP contribution in [-0.2, 0) is 6.42 Å². The summed E-state index contributed by atoms with van der Waals surface area (Å²) in [4.78, 5) is 10.4. The number of carboxylic acid groups (broad SMARTS) is 1. The molecule has 17 heavy (non-hydrogen) atoms. The van der Waals surface area contributed by atoms with E-state index in [9.17, 15) is 4.79 Å². The van der Waals surface area contributed by atoms with Crippen molar-refractivity contribution < 1.29 is 14.6 Å². The van der Waals surface area contributed by atoms with Crippen molar-refractivity contribution in [1.29, 1.82) is 0 Å². The third-order valence-corrected chi connectivity index (χ3v) is 2.63. The molecule has 2 N–H and O–H groups in total. The number of nitrogens with zero attached hydrogens (tertiary/aromatic N) is 1. The first-order valence-electron chi connectivity index (χ1n) is 5.31. The van der Waals surface area contributed by atoms with Crippen LogP contribution in [0.5, 0.6) is 5.75 Å². The van der Waals surface area contributed by atoms with Gasteiger partial charge in [0.1, 0.15) is 5.75 Å². The molecule has 2 aromatic heterocycles. The Labute approximate surface area is 98.6 Å². The summed E-state index contributed by atoms with van der Waals surface area (Å²) in [6.45, 7) is 0.409. The summed E-state index contributed by atoms with van der Waals surface area (Å²) in [7, 11) is 1.63. The van der Waals surface area contributed by atoms with E-state index in [1.54, 1.807) is 7.11 Å². The molecule has 0 saturated carbocycles. The minimum Gasteiger partial charge on any atom is -0.497 e. The van der Waals surface area contributed by atoms with E-state index in [0.29, 0.717) is 13.0 Å². The smallest absolute Gasteiger partial charge is 0.404 e. The number of fused-ring (bicyclic) bond motifs is 1. The van der Waals surface area contributed by atoms with E-state index < -0.39 is 6.09 Å². The molecule has 2 heterocycles. The highest BCUT2D eigenvalue weighted by Crippen LogP contribution is 2.19. The van der Waals surface area contributed by atoms with Crippen molar-refractivity contribution in [2.75, 3.05) is 13.7 Å². The zero-order valence-corrected chi connectivity index (χ0v) is 9.51. The average Bonchev–Trinajstić information content (AvgIpc) is 2.71. The van der Waals surface area contributed by atoms with Crippen molar-refractivity contribution >= 4 is 11.6 Å². The van der Waals surface area contributed by atoms with E-state index in [4.69, 9.17) is 9.84 Å². The molecule has 0 fully saturated rings. The lowest BCUT2D eigenvalue weighted by Gasteiger charge is -2.04.